The summed E-state index contributed by atoms with van der Waals surface area (Å²) in [6.45, 7) is 3.06. The van der Waals surface area contributed by atoms with Gasteiger partial charge in [-0.3, -0.25) is 19.2 Å². The van der Waals surface area contributed by atoms with Gasteiger partial charge in [-0.15, -0.1) is 11.3 Å². The normalized spacial score (nSPS) is 11.4. The predicted octanol–water partition coefficient (Wildman–Crippen LogP) is 7.55. The van der Waals surface area contributed by atoms with Crippen molar-refractivity contribution in [2.45, 2.75) is 32.4 Å². The summed E-state index contributed by atoms with van der Waals surface area (Å²) in [4.78, 5) is 67.2. The van der Waals surface area contributed by atoms with Crippen LogP contribution in [0.1, 0.15) is 50.6 Å². The summed E-state index contributed by atoms with van der Waals surface area (Å²) < 4.78 is 91.3. The number of nitrogens with zero attached hydrogens (tertiary/aromatic N) is 1. The number of halogens is 5. The van der Waals surface area contributed by atoms with Crippen molar-refractivity contribution in [2.24, 2.45) is 0 Å². The molecule has 0 spiro atoms. The summed E-state index contributed by atoms with van der Waals surface area (Å²) in [6.07, 6.45) is -6.40. The molecule has 4 rings (SSSR count). The van der Waals surface area contributed by atoms with Crippen molar-refractivity contribution >= 4 is 46.9 Å². The maximum absolute atomic E-state index is 16.1. The molecule has 4 aromatic rings. The largest absolute Gasteiger partial charge is 0.514 e. The first kappa shape index (κ1) is 40.9. The summed E-state index contributed by atoms with van der Waals surface area (Å²) in [5, 5.41) is 3.83. The maximum atomic E-state index is 16.1. The van der Waals surface area contributed by atoms with Crippen LogP contribution in [0.2, 0.25) is 0 Å². The monoisotopic (exact) mass is 776 g/mol. The molecule has 3 aromatic carbocycles. The number of amides is 2. The van der Waals surface area contributed by atoms with Gasteiger partial charge in [-0.25, -0.2) is 13.6 Å². The second kappa shape index (κ2) is 16.9. The van der Waals surface area contributed by atoms with Crippen molar-refractivity contribution in [3.8, 4) is 16.9 Å². The van der Waals surface area contributed by atoms with E-state index in [0.29, 0.717) is 11.6 Å². The van der Waals surface area contributed by atoms with E-state index in [0.717, 1.165) is 40.5 Å². The van der Waals surface area contributed by atoms with Crippen molar-refractivity contribution in [1.82, 2.24) is 4.90 Å². The number of thiophene rings is 1. The Morgan fingerprint density at radius 2 is 1.46 bits per heavy atom. The molecule has 0 aliphatic heterocycles. The highest BCUT2D eigenvalue weighted by Gasteiger charge is 2.53. The lowest BCUT2D eigenvalue weighted by Gasteiger charge is -2.27. The Labute approximate surface area is 309 Å². The van der Waals surface area contributed by atoms with E-state index in [-0.39, 0.29) is 34.8 Å². The lowest BCUT2D eigenvalue weighted by molar-refractivity contribution is -0.167. The van der Waals surface area contributed by atoms with Crippen LogP contribution in [-0.4, -0.2) is 68.7 Å². The van der Waals surface area contributed by atoms with Crippen LogP contribution < -0.4 is 10.1 Å². The Kier molecular flexibility index (Phi) is 12.8. The fourth-order valence-corrected chi connectivity index (χ4v) is 6.13. The molecule has 0 atom stereocenters. The van der Waals surface area contributed by atoms with Crippen molar-refractivity contribution in [3.63, 3.8) is 0 Å². The molecule has 0 aliphatic rings. The van der Waals surface area contributed by atoms with Gasteiger partial charge in [0.25, 0.3) is 11.8 Å². The first-order valence-corrected chi connectivity index (χ1v) is 16.9. The van der Waals surface area contributed by atoms with Gasteiger partial charge >= 0.3 is 24.3 Å². The van der Waals surface area contributed by atoms with E-state index in [2.05, 4.69) is 5.32 Å². The van der Waals surface area contributed by atoms with Gasteiger partial charge in [-0.05, 0) is 61.0 Å². The Morgan fingerprint density at radius 1 is 0.833 bits per heavy atom. The Bertz CT molecular complexity index is 2030. The molecule has 0 saturated heterocycles. The summed E-state index contributed by atoms with van der Waals surface area (Å²) in [5.41, 5.74) is -4.23. The van der Waals surface area contributed by atoms with E-state index in [1.165, 1.54) is 64.5 Å². The number of anilines is 1. The fraction of sp³-hybridized carbons (Fsp3) is 0.270. The molecule has 54 heavy (non-hydrogen) atoms. The molecule has 0 radical (unpaired) electrons. The van der Waals surface area contributed by atoms with Gasteiger partial charge in [-0.2, -0.15) is 13.2 Å². The van der Waals surface area contributed by atoms with Gasteiger partial charge in [0, 0.05) is 25.0 Å². The molecular formula is C37H33F5N2O9S. The number of alkyl halides is 3. The molecule has 2 amide bonds. The van der Waals surface area contributed by atoms with Crippen LogP contribution in [0, 0.1) is 18.6 Å². The molecule has 1 heterocycles. The standard InChI is InChI=1S/C37H33F5N2O9S/c1-6-50-33(47)36(34(48)51-7-2,26-12-9-17-54-26)19-52-35(49)53-30-24(38)18-25(28(29(30)39)32(46)44(4)5)43-31(45)27-20(3)10-8-11-23(27)21-13-15-22(16-14-21)37(40,41)42/h8-18H,6-7,19H2,1-5H3,(H,43,45). The summed E-state index contributed by atoms with van der Waals surface area (Å²) >= 11 is 0.942. The molecule has 17 heteroatoms. The van der Waals surface area contributed by atoms with Crippen LogP contribution in [0.4, 0.5) is 32.4 Å². The molecule has 0 unspecified atom stereocenters. The number of carbonyl (C=O) groups excluding carboxylic acids is 5. The summed E-state index contributed by atoms with van der Waals surface area (Å²) in [5.74, 6) is -9.08. The third-order valence-corrected chi connectivity index (χ3v) is 8.88. The number of rotatable bonds is 12. The molecule has 1 N–H and O–H groups in total. The van der Waals surface area contributed by atoms with Crippen molar-refractivity contribution < 1.29 is 64.9 Å². The van der Waals surface area contributed by atoms with E-state index in [4.69, 9.17) is 18.9 Å². The van der Waals surface area contributed by atoms with Gasteiger partial charge in [-0.1, -0.05) is 36.4 Å². The topological polar surface area (TPSA) is 138 Å². The molecule has 0 saturated carbocycles. The van der Waals surface area contributed by atoms with E-state index in [9.17, 15) is 37.1 Å². The Balaban J connectivity index is 1.69. The number of aryl methyl sites for hydroxylation is 1. The molecule has 0 aliphatic carbocycles. The summed E-state index contributed by atoms with van der Waals surface area (Å²) in [7, 11) is 2.45. The number of benzene rings is 3. The van der Waals surface area contributed by atoms with Crippen LogP contribution in [0.3, 0.4) is 0 Å². The zero-order valence-corrected chi connectivity index (χ0v) is 30.2. The molecule has 286 valence electrons. The minimum atomic E-state index is -4.61. The second-order valence-electron chi connectivity index (χ2n) is 11.6. The average Bonchev–Trinajstić information content (AvgIpc) is 3.65. The number of ether oxygens (including phenoxy) is 4. The Hall–Kier alpha value is -5.84. The second-order valence-corrected chi connectivity index (χ2v) is 12.6. The number of esters is 2. The first-order chi connectivity index (χ1) is 25.5. The molecule has 0 bridgehead atoms. The highest BCUT2D eigenvalue weighted by atomic mass is 32.1. The molecular weight excluding hydrogens is 743 g/mol. The average molecular weight is 777 g/mol. The maximum Gasteiger partial charge on any atom is 0.514 e. The minimum absolute atomic E-state index is 0.0682. The van der Waals surface area contributed by atoms with Crippen LogP contribution >= 0.6 is 11.3 Å². The van der Waals surface area contributed by atoms with Crippen molar-refractivity contribution in [3.05, 3.63) is 105 Å². The SMILES string of the molecule is CCOC(=O)C(COC(=O)Oc1c(F)cc(NC(=O)c2c(C)cccc2-c2ccc(C(F)(F)F)cc2)c(C(=O)N(C)C)c1F)(C(=O)OCC)c1cccs1. The van der Waals surface area contributed by atoms with E-state index in [1.54, 1.807) is 6.07 Å². The van der Waals surface area contributed by atoms with Crippen LogP contribution in [0.5, 0.6) is 5.75 Å². The third-order valence-electron chi connectivity index (χ3n) is 7.85. The highest BCUT2D eigenvalue weighted by molar-refractivity contribution is 7.10. The minimum Gasteiger partial charge on any atom is -0.465 e. The Morgan fingerprint density at radius 3 is 2.00 bits per heavy atom. The summed E-state index contributed by atoms with van der Waals surface area (Å²) in [6, 6.07) is 11.9. The van der Waals surface area contributed by atoms with Gasteiger partial charge in [0.15, 0.2) is 11.6 Å². The van der Waals surface area contributed by atoms with Crippen LogP contribution in [-0.2, 0) is 35.4 Å². The first-order valence-electron chi connectivity index (χ1n) is 16.0. The van der Waals surface area contributed by atoms with Crippen molar-refractivity contribution in [2.75, 3.05) is 39.2 Å². The fourth-order valence-electron chi connectivity index (χ4n) is 5.24. The zero-order chi connectivity index (χ0) is 40.0. The van der Waals surface area contributed by atoms with Crippen molar-refractivity contribution in [1.29, 1.82) is 0 Å². The van der Waals surface area contributed by atoms with E-state index < -0.39 is 82.3 Å². The number of nitrogens with one attached hydrogen (secondary N) is 1. The predicted molar refractivity (Wildman–Crippen MR) is 185 cm³/mol. The van der Waals surface area contributed by atoms with Crippen LogP contribution in [0.15, 0.2) is 66.0 Å². The van der Waals surface area contributed by atoms with E-state index in [1.807, 2.05) is 0 Å². The molecule has 11 nitrogen and oxygen atoms in total. The number of hydrogen-bond acceptors (Lipinski definition) is 10. The third kappa shape index (κ3) is 8.51. The quantitative estimate of drug-likeness (QED) is 0.0508. The number of hydrogen-bond donors (Lipinski definition) is 1. The molecule has 0 fully saturated rings. The van der Waals surface area contributed by atoms with Gasteiger partial charge in [0.05, 0.1) is 30.0 Å². The number of carbonyl (C=O) groups is 5. The van der Waals surface area contributed by atoms with Gasteiger partial charge < -0.3 is 29.2 Å². The van der Waals surface area contributed by atoms with E-state index >= 15 is 8.78 Å². The smallest absolute Gasteiger partial charge is 0.465 e. The highest BCUT2D eigenvalue weighted by Crippen LogP contribution is 2.36. The van der Waals surface area contributed by atoms with Gasteiger partial charge in [0.2, 0.25) is 11.2 Å². The molecule has 1 aromatic heterocycles. The van der Waals surface area contributed by atoms with Gasteiger partial charge in [0.1, 0.15) is 12.2 Å². The zero-order valence-electron chi connectivity index (χ0n) is 29.4. The lowest BCUT2D eigenvalue weighted by Crippen LogP contribution is -2.50. The lowest BCUT2D eigenvalue weighted by atomic mass is 9.87. The van der Waals surface area contributed by atoms with Crippen LogP contribution in [0.25, 0.3) is 11.1 Å².